The third-order valence-electron chi connectivity index (χ3n) is 3.67. The van der Waals surface area contributed by atoms with Crippen LogP contribution in [0.4, 0.5) is 0 Å². The van der Waals surface area contributed by atoms with Gasteiger partial charge in [-0.2, -0.15) is 0 Å². The molecule has 0 N–H and O–H groups in total. The number of nitrogens with zero attached hydrogens (tertiary/aromatic N) is 2. The fraction of sp³-hybridized carbons (Fsp3) is 0.571. The van der Waals surface area contributed by atoms with Crippen molar-refractivity contribution in [3.05, 3.63) is 27.5 Å². The van der Waals surface area contributed by atoms with Crippen LogP contribution in [0.2, 0.25) is 5.15 Å². The second-order valence-corrected chi connectivity index (χ2v) is 6.86. The van der Waals surface area contributed by atoms with E-state index >= 15 is 0 Å². The summed E-state index contributed by atoms with van der Waals surface area (Å²) in [7, 11) is 0. The van der Waals surface area contributed by atoms with Gasteiger partial charge in [-0.25, -0.2) is 4.98 Å². The fourth-order valence-electron chi connectivity index (χ4n) is 2.21. The third-order valence-corrected chi connectivity index (χ3v) is 4.41. The molecule has 2 aliphatic rings. The predicted molar refractivity (Wildman–Crippen MR) is 78.3 cm³/mol. The van der Waals surface area contributed by atoms with Gasteiger partial charge in [-0.3, -0.25) is 4.79 Å². The highest BCUT2D eigenvalue weighted by molar-refractivity contribution is 9.10. The van der Waals surface area contributed by atoms with E-state index in [1.54, 1.807) is 12.3 Å². The average Bonchev–Trinajstić information content (AvgIpc) is 3.25. The maximum Gasteiger partial charge on any atom is 0.257 e. The van der Waals surface area contributed by atoms with Crippen molar-refractivity contribution in [1.82, 2.24) is 9.88 Å². The summed E-state index contributed by atoms with van der Waals surface area (Å²) in [5, 5.41) is 0.296. The Hall–Kier alpha value is -0.610. The zero-order chi connectivity index (χ0) is 13.4. The SMILES string of the molecule is O=C(c1cc(Br)cnc1Cl)N(CC1CC1)CC1CC1. The molecule has 3 rings (SSSR count). The topological polar surface area (TPSA) is 33.2 Å². The number of aromatic nitrogens is 1. The molecule has 0 aromatic carbocycles. The van der Waals surface area contributed by atoms with Gasteiger partial charge in [0.05, 0.1) is 5.56 Å². The molecule has 0 unspecified atom stereocenters. The van der Waals surface area contributed by atoms with Crippen molar-refractivity contribution in [2.75, 3.05) is 13.1 Å². The second-order valence-electron chi connectivity index (χ2n) is 5.59. The highest BCUT2D eigenvalue weighted by Gasteiger charge is 2.32. The monoisotopic (exact) mass is 342 g/mol. The van der Waals surface area contributed by atoms with Crippen molar-refractivity contribution in [3.8, 4) is 0 Å². The van der Waals surface area contributed by atoms with E-state index in [0.717, 1.165) is 17.6 Å². The van der Waals surface area contributed by atoms with Crippen molar-refractivity contribution in [1.29, 1.82) is 0 Å². The normalized spacial score (nSPS) is 18.4. The Morgan fingerprint density at radius 3 is 2.42 bits per heavy atom. The van der Waals surface area contributed by atoms with Crippen LogP contribution in [-0.2, 0) is 0 Å². The highest BCUT2D eigenvalue weighted by atomic mass is 79.9. The van der Waals surface area contributed by atoms with Crippen LogP contribution in [0.15, 0.2) is 16.7 Å². The van der Waals surface area contributed by atoms with Gasteiger partial charge >= 0.3 is 0 Å². The van der Waals surface area contributed by atoms with Gasteiger partial charge in [0.15, 0.2) is 0 Å². The van der Waals surface area contributed by atoms with Gasteiger partial charge in [-0.05, 0) is 59.5 Å². The molecule has 2 saturated carbocycles. The molecule has 1 aromatic rings. The molecular formula is C14H16BrClN2O. The van der Waals surface area contributed by atoms with Gasteiger partial charge in [0.25, 0.3) is 5.91 Å². The molecule has 1 aromatic heterocycles. The summed E-state index contributed by atoms with van der Waals surface area (Å²) in [4.78, 5) is 18.6. The molecule has 0 atom stereocenters. The molecule has 19 heavy (non-hydrogen) atoms. The number of carbonyl (C=O) groups is 1. The smallest absolute Gasteiger partial charge is 0.257 e. The Labute approximate surface area is 126 Å². The van der Waals surface area contributed by atoms with E-state index in [2.05, 4.69) is 20.9 Å². The number of pyridine rings is 1. The van der Waals surface area contributed by atoms with Gasteiger partial charge < -0.3 is 4.90 Å². The Balaban J connectivity index is 1.78. The molecule has 0 radical (unpaired) electrons. The average molecular weight is 344 g/mol. The minimum absolute atomic E-state index is 0.0256. The van der Waals surface area contributed by atoms with Crippen LogP contribution in [0.5, 0.6) is 0 Å². The zero-order valence-corrected chi connectivity index (χ0v) is 13.0. The molecular weight excluding hydrogens is 328 g/mol. The molecule has 0 saturated heterocycles. The molecule has 2 fully saturated rings. The van der Waals surface area contributed by atoms with Gasteiger partial charge in [0.1, 0.15) is 5.15 Å². The number of amides is 1. The Morgan fingerprint density at radius 2 is 1.89 bits per heavy atom. The molecule has 0 spiro atoms. The zero-order valence-electron chi connectivity index (χ0n) is 10.6. The summed E-state index contributed by atoms with van der Waals surface area (Å²) < 4.78 is 0.790. The Bertz CT molecular complexity index is 486. The molecule has 0 aliphatic heterocycles. The summed E-state index contributed by atoms with van der Waals surface area (Å²) in [5.74, 6) is 1.42. The van der Waals surface area contributed by atoms with Gasteiger partial charge in [-0.15, -0.1) is 0 Å². The predicted octanol–water partition coefficient (Wildman–Crippen LogP) is 3.76. The Kier molecular flexibility index (Phi) is 3.81. The van der Waals surface area contributed by atoms with E-state index in [9.17, 15) is 4.79 Å². The number of hydrogen-bond acceptors (Lipinski definition) is 2. The van der Waals surface area contributed by atoms with Gasteiger partial charge in [-0.1, -0.05) is 11.6 Å². The lowest BCUT2D eigenvalue weighted by atomic mass is 10.2. The van der Waals surface area contributed by atoms with Crippen molar-refractivity contribution in [2.45, 2.75) is 25.7 Å². The summed E-state index contributed by atoms with van der Waals surface area (Å²) in [6.07, 6.45) is 6.61. The fourth-order valence-corrected chi connectivity index (χ4v) is 2.72. The van der Waals surface area contributed by atoms with Crippen LogP contribution in [0, 0.1) is 11.8 Å². The first-order chi connectivity index (χ1) is 9.13. The maximum absolute atomic E-state index is 12.6. The number of carbonyl (C=O) groups excluding carboxylic acids is 1. The molecule has 5 heteroatoms. The molecule has 1 amide bonds. The first kappa shape index (κ1) is 13.4. The van der Waals surface area contributed by atoms with Gasteiger partial charge in [0.2, 0.25) is 0 Å². The van der Waals surface area contributed by atoms with Crippen molar-refractivity contribution in [3.63, 3.8) is 0 Å². The van der Waals surface area contributed by atoms with E-state index in [4.69, 9.17) is 11.6 Å². The first-order valence-electron chi connectivity index (χ1n) is 6.74. The number of halogens is 2. The maximum atomic E-state index is 12.6. The molecule has 1 heterocycles. The van der Waals surface area contributed by atoms with E-state index < -0.39 is 0 Å². The third kappa shape index (κ3) is 3.48. The van der Waals surface area contributed by atoms with E-state index in [-0.39, 0.29) is 5.91 Å². The van der Waals surface area contributed by atoms with Crippen LogP contribution in [0.25, 0.3) is 0 Å². The summed E-state index contributed by atoms with van der Waals surface area (Å²) in [6.45, 7) is 1.75. The van der Waals surface area contributed by atoms with Crippen molar-refractivity contribution >= 4 is 33.4 Å². The molecule has 0 bridgehead atoms. The lowest BCUT2D eigenvalue weighted by molar-refractivity contribution is 0.0739. The van der Waals surface area contributed by atoms with Crippen LogP contribution >= 0.6 is 27.5 Å². The minimum atomic E-state index is 0.0256. The number of hydrogen-bond donors (Lipinski definition) is 0. The largest absolute Gasteiger partial charge is 0.338 e. The van der Waals surface area contributed by atoms with Crippen LogP contribution in [0.3, 0.4) is 0 Å². The van der Waals surface area contributed by atoms with Crippen molar-refractivity contribution < 1.29 is 4.79 Å². The van der Waals surface area contributed by atoms with Crippen LogP contribution < -0.4 is 0 Å². The number of rotatable bonds is 5. The second kappa shape index (κ2) is 5.41. The summed E-state index contributed by atoms with van der Waals surface area (Å²) >= 11 is 9.41. The van der Waals surface area contributed by atoms with E-state index in [1.165, 1.54) is 25.7 Å². The molecule has 3 nitrogen and oxygen atoms in total. The summed E-state index contributed by atoms with van der Waals surface area (Å²) in [5.41, 5.74) is 0.511. The standard InChI is InChI=1S/C14H16BrClN2O/c15-11-5-12(13(16)17-6-11)14(19)18(7-9-1-2-9)8-10-3-4-10/h5-6,9-10H,1-4,7-8H2. The van der Waals surface area contributed by atoms with Gasteiger partial charge in [0, 0.05) is 23.8 Å². The van der Waals surface area contributed by atoms with E-state index in [1.807, 2.05) is 4.90 Å². The van der Waals surface area contributed by atoms with E-state index in [0.29, 0.717) is 22.6 Å². The molecule has 2 aliphatic carbocycles. The first-order valence-corrected chi connectivity index (χ1v) is 7.91. The summed E-state index contributed by atoms with van der Waals surface area (Å²) in [6, 6.07) is 1.77. The molecule has 102 valence electrons. The minimum Gasteiger partial charge on any atom is -0.338 e. The lowest BCUT2D eigenvalue weighted by Gasteiger charge is -2.23. The quantitative estimate of drug-likeness (QED) is 0.763. The van der Waals surface area contributed by atoms with Crippen LogP contribution in [-0.4, -0.2) is 28.9 Å². The van der Waals surface area contributed by atoms with Crippen molar-refractivity contribution in [2.24, 2.45) is 11.8 Å². The lowest BCUT2D eigenvalue weighted by Crippen LogP contribution is -2.35. The highest BCUT2D eigenvalue weighted by Crippen LogP contribution is 2.34. The Morgan fingerprint density at radius 1 is 1.32 bits per heavy atom. The van der Waals surface area contributed by atoms with Crippen LogP contribution in [0.1, 0.15) is 36.0 Å².